The van der Waals surface area contributed by atoms with Crippen LogP contribution >= 0.6 is 0 Å². The maximum atomic E-state index is 14.2. The number of carbonyl (C=O) groups is 3. The molecular weight excluding hydrogens is 961 g/mol. The maximum Gasteiger partial charge on any atom is 0.446 e. The highest BCUT2D eigenvalue weighted by molar-refractivity contribution is 7.81. The molecule has 4 aliphatic rings. The van der Waals surface area contributed by atoms with Crippen molar-refractivity contribution in [1.29, 1.82) is 0 Å². The van der Waals surface area contributed by atoms with Gasteiger partial charge in [-0.1, -0.05) is 46.6 Å². The predicted molar refractivity (Wildman–Crippen MR) is 263 cm³/mol. The number of benzene rings is 2. The molecule has 390 valence electrons. The summed E-state index contributed by atoms with van der Waals surface area (Å²) in [7, 11) is -10.1. The van der Waals surface area contributed by atoms with Crippen LogP contribution < -0.4 is 17.8 Å². The zero-order valence-electron chi connectivity index (χ0n) is 41.8. The zero-order valence-corrected chi connectivity index (χ0v) is 43.4. The van der Waals surface area contributed by atoms with Crippen molar-refractivity contribution < 1.29 is 73.1 Å². The van der Waals surface area contributed by atoms with Gasteiger partial charge in [0, 0.05) is 48.1 Å². The molecule has 5 atom stereocenters. The molecular formula is C51H68N2O16S2. The van der Waals surface area contributed by atoms with E-state index in [1.165, 1.54) is 32.6 Å². The van der Waals surface area contributed by atoms with Gasteiger partial charge >= 0.3 is 20.8 Å². The highest BCUT2D eigenvalue weighted by Crippen LogP contribution is 2.49. The van der Waals surface area contributed by atoms with Crippen LogP contribution in [0.3, 0.4) is 0 Å². The zero-order chi connectivity index (χ0) is 52.2. The number of hydrogen-bond acceptors (Lipinski definition) is 14. The summed E-state index contributed by atoms with van der Waals surface area (Å²) < 4.78 is 95.9. The first-order chi connectivity index (χ1) is 33.2. The Bertz CT molecular complexity index is 2740. The van der Waals surface area contributed by atoms with Gasteiger partial charge in [-0.15, -0.1) is 0 Å². The predicted octanol–water partition coefficient (Wildman–Crippen LogP) is 8.00. The number of aliphatic hydroxyl groups is 2. The number of allylic oxidation sites excluding steroid dienone is 8. The Hall–Kier alpha value is -5.25. The smallest absolute Gasteiger partial charge is 0.446 e. The Morgan fingerprint density at radius 2 is 1.15 bits per heavy atom. The van der Waals surface area contributed by atoms with Gasteiger partial charge in [0.1, 0.15) is 22.7 Å². The molecule has 6 rings (SSSR count). The van der Waals surface area contributed by atoms with Crippen LogP contribution in [-0.4, -0.2) is 100 Å². The van der Waals surface area contributed by atoms with Crippen molar-refractivity contribution in [3.05, 3.63) is 92.1 Å². The van der Waals surface area contributed by atoms with E-state index in [0.29, 0.717) is 36.8 Å². The summed E-state index contributed by atoms with van der Waals surface area (Å²) in [5, 5.41) is 22.8. The number of ether oxygens (including phenoxy) is 3. The number of amides is 2. The number of fused-ring (bicyclic) bond motifs is 6. The largest absolute Gasteiger partial charge is 0.484 e. The van der Waals surface area contributed by atoms with Gasteiger partial charge in [0.25, 0.3) is 18.3 Å². The van der Waals surface area contributed by atoms with E-state index in [2.05, 4.69) is 24.3 Å². The molecule has 0 fully saturated rings. The molecule has 4 N–H and O–H groups in total. The third-order valence-corrected chi connectivity index (χ3v) is 14.5. The lowest BCUT2D eigenvalue weighted by molar-refractivity contribution is -0.141. The minimum absolute atomic E-state index is 0.0153. The van der Waals surface area contributed by atoms with Crippen LogP contribution in [0.2, 0.25) is 0 Å². The third kappa shape index (κ3) is 13.4. The normalized spacial score (nSPS) is 22.4. The van der Waals surface area contributed by atoms with Crippen molar-refractivity contribution in [1.82, 2.24) is 9.80 Å². The van der Waals surface area contributed by atoms with Gasteiger partial charge in [-0.05, 0) is 125 Å². The van der Waals surface area contributed by atoms with E-state index < -0.39 is 68.0 Å². The standard InChI is InChI=1S/C51H68N2O16S2/c1-31(2)14-9-16-33(5)18-11-21-50(7)43(55)26-37-41(68-70(59,60)61)24-35-39(46(37)66-50)28-52(48(35)57)23-13-20-45(65-30-54)53-29-40-36(49(53)58)25-42(69-71(62,63)64)38-27-44(56)51(8,67-47(38)40)22-12-19-34(6)17-10-15-32(3)4/h14-15,18-19,24-25,30,43-45,55-56H,9-13,16-17,20-23,26-29H2,1-8H3,(H,59,60,61)(H,62,63,64)/b33-18+,34-19+/t43-,44-,45+,50+,51+/m0/s1. The molecule has 0 aliphatic carbocycles. The Morgan fingerprint density at radius 1 is 0.704 bits per heavy atom. The highest BCUT2D eigenvalue weighted by Gasteiger charge is 2.47. The first-order valence-electron chi connectivity index (χ1n) is 23.9. The highest BCUT2D eigenvalue weighted by atomic mass is 32.3. The Balaban J connectivity index is 1.20. The van der Waals surface area contributed by atoms with Crippen molar-refractivity contribution in [2.75, 3.05) is 6.54 Å². The summed E-state index contributed by atoms with van der Waals surface area (Å²) >= 11 is 0. The van der Waals surface area contributed by atoms with Gasteiger partial charge in [0.2, 0.25) is 0 Å². The number of nitrogens with zero attached hydrogens (tertiary/aromatic N) is 2. The maximum absolute atomic E-state index is 14.2. The van der Waals surface area contributed by atoms with E-state index in [9.17, 15) is 50.5 Å². The molecule has 0 spiro atoms. The first-order valence-corrected chi connectivity index (χ1v) is 26.7. The van der Waals surface area contributed by atoms with E-state index in [4.69, 9.17) is 22.6 Å². The molecule has 0 bridgehead atoms. The molecule has 18 nitrogen and oxygen atoms in total. The summed E-state index contributed by atoms with van der Waals surface area (Å²) in [5.74, 6) is -1.67. The molecule has 0 saturated heterocycles. The van der Waals surface area contributed by atoms with Crippen LogP contribution in [0.25, 0.3) is 0 Å². The quantitative estimate of drug-likeness (QED) is 0.0467. The molecule has 2 aromatic rings. The van der Waals surface area contributed by atoms with E-state index in [0.717, 1.165) is 37.3 Å². The van der Waals surface area contributed by atoms with Crippen LogP contribution in [0, 0.1) is 0 Å². The average Bonchev–Trinajstić information content (AvgIpc) is 3.75. The van der Waals surface area contributed by atoms with E-state index in [1.807, 2.05) is 41.5 Å². The molecule has 4 heterocycles. The van der Waals surface area contributed by atoms with E-state index in [-0.39, 0.29) is 91.3 Å². The second kappa shape index (κ2) is 22.3. The molecule has 2 amide bonds. The number of rotatable bonds is 23. The van der Waals surface area contributed by atoms with Crippen molar-refractivity contribution in [2.24, 2.45) is 0 Å². The van der Waals surface area contributed by atoms with E-state index in [1.54, 1.807) is 13.8 Å². The molecule has 2 aromatic carbocycles. The van der Waals surface area contributed by atoms with Gasteiger partial charge in [0.05, 0.1) is 36.4 Å². The van der Waals surface area contributed by atoms with Crippen LogP contribution in [0.4, 0.5) is 0 Å². The van der Waals surface area contributed by atoms with Crippen LogP contribution in [0.1, 0.15) is 163 Å². The molecule has 0 radical (unpaired) electrons. The van der Waals surface area contributed by atoms with E-state index >= 15 is 0 Å². The molecule has 0 aromatic heterocycles. The summed E-state index contributed by atoms with van der Waals surface area (Å²) in [6.07, 6.45) is 10.4. The minimum Gasteiger partial charge on any atom is -0.484 e. The molecule has 20 heteroatoms. The van der Waals surface area contributed by atoms with Gasteiger partial charge in [-0.3, -0.25) is 28.4 Å². The first kappa shape index (κ1) is 55.1. The van der Waals surface area contributed by atoms with Crippen molar-refractivity contribution in [3.63, 3.8) is 0 Å². The van der Waals surface area contributed by atoms with Gasteiger partial charge in [-0.25, -0.2) is 0 Å². The summed E-state index contributed by atoms with van der Waals surface area (Å²) in [5.41, 5.74) is 3.56. The molecule has 71 heavy (non-hydrogen) atoms. The molecule has 0 unspecified atom stereocenters. The lowest BCUT2D eigenvalue weighted by atomic mass is 9.84. The Kier molecular flexibility index (Phi) is 17.3. The topological polar surface area (TPSA) is 253 Å². The van der Waals surface area contributed by atoms with Crippen LogP contribution in [0.5, 0.6) is 23.0 Å². The fraction of sp³-hybridized carbons (Fsp3) is 0.549. The van der Waals surface area contributed by atoms with Crippen molar-refractivity contribution >= 4 is 39.1 Å². The summed E-state index contributed by atoms with van der Waals surface area (Å²) in [6, 6.07) is 2.36. The number of hydrogen-bond donors (Lipinski definition) is 4. The van der Waals surface area contributed by atoms with Crippen molar-refractivity contribution in [3.8, 4) is 23.0 Å². The fourth-order valence-corrected chi connectivity index (χ4v) is 10.4. The van der Waals surface area contributed by atoms with Gasteiger partial charge < -0.3 is 37.7 Å². The van der Waals surface area contributed by atoms with Crippen molar-refractivity contribution in [2.45, 2.75) is 175 Å². The summed E-state index contributed by atoms with van der Waals surface area (Å²) in [6.45, 7) is 15.8. The van der Waals surface area contributed by atoms with Gasteiger partial charge in [0.15, 0.2) is 17.7 Å². The van der Waals surface area contributed by atoms with Gasteiger partial charge in [-0.2, -0.15) is 16.8 Å². The molecule has 4 aliphatic heterocycles. The monoisotopic (exact) mass is 1030 g/mol. The Labute approximate surface area is 417 Å². The average molecular weight is 1030 g/mol. The third-order valence-electron chi connectivity index (χ3n) is 13.7. The second-order valence-corrected chi connectivity index (χ2v) is 22.1. The Morgan fingerprint density at radius 3 is 1.59 bits per heavy atom. The summed E-state index contributed by atoms with van der Waals surface area (Å²) in [4.78, 5) is 43.0. The fourth-order valence-electron chi connectivity index (χ4n) is 9.66. The second-order valence-electron chi connectivity index (χ2n) is 20.0. The SMILES string of the molecule is CC(C)=CCC/C(C)=C/CC[C@@]1(C)Oc2c(c(OS(=O)(=O)O)cc3c2CN(CCC[C@@H](OC=O)N2Cc4c(cc(OS(=O)(=O)O)c5c4O[C@](C)(CC/C=C(\C)CCC=C(C)C)[C@@H](O)C5)C2=O)C3=O)C[C@@H]1O. The number of aliphatic hydroxyl groups excluding tert-OH is 2. The van der Waals surface area contributed by atoms with Crippen LogP contribution in [-0.2, 0) is 56.3 Å². The minimum atomic E-state index is -5.09. The lowest BCUT2D eigenvalue weighted by Crippen LogP contribution is -2.49. The van der Waals surface area contributed by atoms with Crippen LogP contribution in [0.15, 0.2) is 58.7 Å². The molecule has 0 saturated carbocycles. The lowest BCUT2D eigenvalue weighted by Gasteiger charge is -2.41. The number of carbonyl (C=O) groups excluding carboxylic acids is 3.